The zero-order chi connectivity index (χ0) is 13.7. The molecule has 0 aromatic carbocycles. The molecule has 0 unspecified atom stereocenters. The van der Waals surface area contributed by atoms with Gasteiger partial charge in [0.05, 0.1) is 17.1 Å². The van der Waals surface area contributed by atoms with Crippen LogP contribution in [0.25, 0.3) is 0 Å². The van der Waals surface area contributed by atoms with Gasteiger partial charge in [-0.05, 0) is 34.1 Å². The van der Waals surface area contributed by atoms with E-state index in [1.54, 1.807) is 0 Å². The maximum atomic E-state index is 11.7. The normalized spacial score (nSPS) is 11.0. The van der Waals surface area contributed by atoms with Crippen molar-refractivity contribution in [3.8, 4) is 0 Å². The van der Waals surface area contributed by atoms with Gasteiger partial charge in [-0.25, -0.2) is 0 Å². The van der Waals surface area contributed by atoms with E-state index in [0.717, 1.165) is 23.5 Å². The molecule has 0 radical (unpaired) electrons. The molecule has 0 bridgehead atoms. The van der Waals surface area contributed by atoms with Crippen LogP contribution in [0.3, 0.4) is 0 Å². The van der Waals surface area contributed by atoms with Crippen molar-refractivity contribution in [2.75, 3.05) is 18.5 Å². The highest BCUT2D eigenvalue weighted by Crippen LogP contribution is 2.22. The van der Waals surface area contributed by atoms with Crippen LogP contribution in [-0.4, -0.2) is 28.9 Å². The van der Waals surface area contributed by atoms with Crippen LogP contribution in [0.4, 0.5) is 5.69 Å². The van der Waals surface area contributed by atoms with Crippen LogP contribution in [0.1, 0.15) is 44.6 Å². The van der Waals surface area contributed by atoms with E-state index < -0.39 is 0 Å². The molecule has 1 amide bonds. The van der Waals surface area contributed by atoms with Crippen molar-refractivity contribution in [1.29, 1.82) is 0 Å². The van der Waals surface area contributed by atoms with Gasteiger partial charge < -0.3 is 10.1 Å². The standard InChI is InChI=1S/C13H23N3O2/c1-6-7-18-8-12(17)14-13-10(4)15-16(9(2)3)11(13)5/h9H,6-8H2,1-5H3,(H,14,17). The molecule has 1 aromatic heterocycles. The number of aryl methyl sites for hydroxylation is 1. The van der Waals surface area contributed by atoms with E-state index in [1.165, 1.54) is 0 Å². The number of rotatable bonds is 6. The van der Waals surface area contributed by atoms with Gasteiger partial charge in [-0.15, -0.1) is 0 Å². The molecule has 0 fully saturated rings. The number of amides is 1. The van der Waals surface area contributed by atoms with E-state index >= 15 is 0 Å². The number of carbonyl (C=O) groups is 1. The first-order valence-corrected chi connectivity index (χ1v) is 6.40. The largest absolute Gasteiger partial charge is 0.372 e. The predicted molar refractivity (Wildman–Crippen MR) is 71.8 cm³/mol. The average Bonchev–Trinajstić information content (AvgIpc) is 2.57. The van der Waals surface area contributed by atoms with Gasteiger partial charge in [0.1, 0.15) is 6.61 Å². The van der Waals surface area contributed by atoms with E-state index in [1.807, 2.05) is 25.5 Å². The fourth-order valence-electron chi connectivity index (χ4n) is 1.83. The Morgan fingerprint density at radius 1 is 1.44 bits per heavy atom. The number of ether oxygens (including phenoxy) is 1. The topological polar surface area (TPSA) is 56.1 Å². The highest BCUT2D eigenvalue weighted by molar-refractivity contribution is 5.92. The van der Waals surface area contributed by atoms with Gasteiger partial charge in [0, 0.05) is 12.6 Å². The van der Waals surface area contributed by atoms with Crippen molar-refractivity contribution in [3.63, 3.8) is 0 Å². The number of hydrogen-bond acceptors (Lipinski definition) is 3. The monoisotopic (exact) mass is 253 g/mol. The van der Waals surface area contributed by atoms with E-state index in [-0.39, 0.29) is 18.6 Å². The maximum Gasteiger partial charge on any atom is 0.250 e. The number of nitrogens with zero attached hydrogens (tertiary/aromatic N) is 2. The molecule has 1 heterocycles. The van der Waals surface area contributed by atoms with Crippen molar-refractivity contribution in [1.82, 2.24) is 9.78 Å². The smallest absolute Gasteiger partial charge is 0.250 e. The third-order valence-corrected chi connectivity index (χ3v) is 2.66. The maximum absolute atomic E-state index is 11.7. The summed E-state index contributed by atoms with van der Waals surface area (Å²) < 4.78 is 7.13. The number of carbonyl (C=O) groups excluding carboxylic acids is 1. The number of hydrogen-bond donors (Lipinski definition) is 1. The lowest BCUT2D eigenvalue weighted by molar-refractivity contribution is -0.120. The first-order chi connectivity index (χ1) is 8.47. The SMILES string of the molecule is CCCOCC(=O)Nc1c(C)nn(C(C)C)c1C. The van der Waals surface area contributed by atoms with Crippen LogP contribution < -0.4 is 5.32 Å². The highest BCUT2D eigenvalue weighted by Gasteiger charge is 2.15. The average molecular weight is 253 g/mol. The predicted octanol–water partition coefficient (Wildman–Crippen LogP) is 2.45. The number of aromatic nitrogens is 2. The Labute approximate surface area is 109 Å². The van der Waals surface area contributed by atoms with Crippen molar-refractivity contribution >= 4 is 11.6 Å². The summed E-state index contributed by atoms with van der Waals surface area (Å²) in [5, 5.41) is 7.29. The minimum atomic E-state index is -0.127. The Kier molecular flexibility index (Phi) is 5.34. The lowest BCUT2D eigenvalue weighted by Gasteiger charge is -2.09. The quantitative estimate of drug-likeness (QED) is 0.792. The molecule has 5 heteroatoms. The van der Waals surface area contributed by atoms with Crippen LogP contribution in [0.2, 0.25) is 0 Å². The van der Waals surface area contributed by atoms with Crippen molar-refractivity contribution in [3.05, 3.63) is 11.4 Å². The van der Waals surface area contributed by atoms with Crippen LogP contribution in [0.5, 0.6) is 0 Å². The van der Waals surface area contributed by atoms with Crippen molar-refractivity contribution < 1.29 is 9.53 Å². The van der Waals surface area contributed by atoms with Gasteiger partial charge in [-0.3, -0.25) is 9.48 Å². The number of nitrogens with one attached hydrogen (secondary N) is 1. The van der Waals surface area contributed by atoms with Crippen LogP contribution in [0, 0.1) is 13.8 Å². The Bertz CT molecular complexity index is 411. The molecule has 0 aliphatic heterocycles. The third-order valence-electron chi connectivity index (χ3n) is 2.66. The molecule has 0 spiro atoms. The molecule has 18 heavy (non-hydrogen) atoms. The van der Waals surface area contributed by atoms with Gasteiger partial charge in [-0.1, -0.05) is 6.92 Å². The van der Waals surface area contributed by atoms with Gasteiger partial charge in [0.15, 0.2) is 0 Å². The van der Waals surface area contributed by atoms with Gasteiger partial charge in [-0.2, -0.15) is 5.10 Å². The minimum Gasteiger partial charge on any atom is -0.372 e. The van der Waals surface area contributed by atoms with Crippen LogP contribution >= 0.6 is 0 Å². The number of anilines is 1. The molecule has 0 aliphatic rings. The first-order valence-electron chi connectivity index (χ1n) is 6.40. The summed E-state index contributed by atoms with van der Waals surface area (Å²) in [6, 6.07) is 0.283. The molecular weight excluding hydrogens is 230 g/mol. The molecular formula is C13H23N3O2. The molecule has 102 valence electrons. The summed E-state index contributed by atoms with van der Waals surface area (Å²) in [6.07, 6.45) is 0.913. The Hall–Kier alpha value is -1.36. The fraction of sp³-hybridized carbons (Fsp3) is 0.692. The first kappa shape index (κ1) is 14.7. The second-order valence-corrected chi connectivity index (χ2v) is 4.68. The lowest BCUT2D eigenvalue weighted by Crippen LogP contribution is -2.19. The molecule has 1 aromatic rings. The van der Waals surface area contributed by atoms with E-state index in [0.29, 0.717) is 6.61 Å². The Balaban J connectivity index is 2.70. The van der Waals surface area contributed by atoms with E-state index in [2.05, 4.69) is 24.3 Å². The summed E-state index contributed by atoms with van der Waals surface area (Å²) in [5.74, 6) is -0.127. The molecule has 0 atom stereocenters. The summed E-state index contributed by atoms with van der Waals surface area (Å²) >= 11 is 0. The highest BCUT2D eigenvalue weighted by atomic mass is 16.5. The molecule has 1 rings (SSSR count). The molecule has 0 saturated carbocycles. The zero-order valence-electron chi connectivity index (χ0n) is 11.9. The lowest BCUT2D eigenvalue weighted by atomic mass is 10.3. The molecule has 0 saturated heterocycles. The van der Waals surface area contributed by atoms with Gasteiger partial charge >= 0.3 is 0 Å². The summed E-state index contributed by atoms with van der Waals surface area (Å²) in [7, 11) is 0. The zero-order valence-corrected chi connectivity index (χ0v) is 11.9. The molecule has 1 N–H and O–H groups in total. The summed E-state index contributed by atoms with van der Waals surface area (Å²) in [5.41, 5.74) is 2.62. The van der Waals surface area contributed by atoms with E-state index in [4.69, 9.17) is 4.74 Å². The summed E-state index contributed by atoms with van der Waals surface area (Å²) in [4.78, 5) is 11.7. The Morgan fingerprint density at radius 2 is 2.11 bits per heavy atom. The van der Waals surface area contributed by atoms with Crippen LogP contribution in [0.15, 0.2) is 0 Å². The third kappa shape index (κ3) is 3.57. The molecule has 5 nitrogen and oxygen atoms in total. The van der Waals surface area contributed by atoms with Crippen molar-refractivity contribution in [2.24, 2.45) is 0 Å². The van der Waals surface area contributed by atoms with Crippen LogP contribution in [-0.2, 0) is 9.53 Å². The van der Waals surface area contributed by atoms with Crippen molar-refractivity contribution in [2.45, 2.75) is 47.1 Å². The van der Waals surface area contributed by atoms with Gasteiger partial charge in [0.25, 0.3) is 0 Å². The second kappa shape index (κ2) is 6.54. The Morgan fingerprint density at radius 3 is 2.61 bits per heavy atom. The summed E-state index contributed by atoms with van der Waals surface area (Å²) in [6.45, 7) is 10.7. The molecule has 0 aliphatic carbocycles. The minimum absolute atomic E-state index is 0.0968. The second-order valence-electron chi connectivity index (χ2n) is 4.68. The fourth-order valence-corrected chi connectivity index (χ4v) is 1.83. The van der Waals surface area contributed by atoms with Gasteiger partial charge in [0.2, 0.25) is 5.91 Å². The van der Waals surface area contributed by atoms with E-state index in [9.17, 15) is 4.79 Å².